The third-order valence-electron chi connectivity index (χ3n) is 3.81. The third-order valence-corrected chi connectivity index (χ3v) is 3.81. The average Bonchev–Trinajstić information content (AvgIpc) is 2.59. The molecule has 0 aliphatic rings. The second-order valence-electron chi connectivity index (χ2n) is 5.56. The summed E-state index contributed by atoms with van der Waals surface area (Å²) < 4.78 is 113. The van der Waals surface area contributed by atoms with Crippen molar-refractivity contribution >= 4 is 0 Å². The molecule has 2 rings (SSSR count). The molecule has 0 amide bonds. The van der Waals surface area contributed by atoms with E-state index in [0.29, 0.717) is 24.3 Å². The molecule has 3 nitrogen and oxygen atoms in total. The van der Waals surface area contributed by atoms with E-state index in [0.717, 1.165) is 25.3 Å². The minimum absolute atomic E-state index is 0.479. The number of hydrogen-bond acceptors (Lipinski definition) is 3. The van der Waals surface area contributed by atoms with Crippen LogP contribution >= 0.6 is 0 Å². The number of rotatable bonds is 5. The van der Waals surface area contributed by atoms with Gasteiger partial charge in [0.05, 0.1) is 7.11 Å². The van der Waals surface area contributed by atoms with Gasteiger partial charge in [0.15, 0.2) is 5.60 Å². The maximum Gasteiger partial charge on any atom is 0.573 e. The smallest absolute Gasteiger partial charge is 0.496 e. The highest BCUT2D eigenvalue weighted by Gasteiger charge is 2.71. The average molecular weight is 416 g/mol. The van der Waals surface area contributed by atoms with Crippen molar-refractivity contribution in [2.24, 2.45) is 0 Å². The standard InChI is InChI=1S/C17H12F8O3/c1-27-13-5-3-2-4-12(13)14(26,15(18,19)16(20,21)22)10-6-8-11(9-7-10)28-17(23,24)25/h2-9,26H,1H3. The highest BCUT2D eigenvalue weighted by atomic mass is 19.4. The first-order chi connectivity index (χ1) is 12.7. The van der Waals surface area contributed by atoms with Crippen molar-refractivity contribution in [1.29, 1.82) is 0 Å². The lowest BCUT2D eigenvalue weighted by molar-refractivity contribution is -0.336. The lowest BCUT2D eigenvalue weighted by Gasteiger charge is -2.38. The Morgan fingerprint density at radius 1 is 0.786 bits per heavy atom. The topological polar surface area (TPSA) is 38.7 Å². The summed E-state index contributed by atoms with van der Waals surface area (Å²) >= 11 is 0. The second kappa shape index (κ2) is 7.12. The molecule has 0 saturated carbocycles. The molecule has 0 heterocycles. The normalized spacial score (nSPS) is 15.1. The Morgan fingerprint density at radius 2 is 1.32 bits per heavy atom. The Labute approximate surface area is 153 Å². The summed E-state index contributed by atoms with van der Waals surface area (Å²) in [4.78, 5) is 0. The van der Waals surface area contributed by atoms with Crippen LogP contribution in [0.3, 0.4) is 0 Å². The van der Waals surface area contributed by atoms with Gasteiger partial charge in [-0.1, -0.05) is 30.3 Å². The van der Waals surface area contributed by atoms with Crippen LogP contribution < -0.4 is 9.47 Å². The zero-order chi connectivity index (χ0) is 21.4. The summed E-state index contributed by atoms with van der Waals surface area (Å²) in [6.07, 6.45) is -11.3. The molecule has 0 aromatic heterocycles. The Bertz CT molecular complexity index is 814. The lowest BCUT2D eigenvalue weighted by atomic mass is 9.80. The maximum atomic E-state index is 14.4. The molecular formula is C17H12F8O3. The van der Waals surface area contributed by atoms with Gasteiger partial charge in [0.25, 0.3) is 0 Å². The fourth-order valence-corrected chi connectivity index (χ4v) is 2.55. The molecule has 154 valence electrons. The first-order valence-corrected chi connectivity index (χ1v) is 7.40. The van der Waals surface area contributed by atoms with Crippen molar-refractivity contribution < 1.29 is 49.7 Å². The monoisotopic (exact) mass is 416 g/mol. The number of alkyl halides is 8. The first kappa shape index (κ1) is 21.7. The van der Waals surface area contributed by atoms with Crippen LogP contribution in [0, 0.1) is 0 Å². The van der Waals surface area contributed by atoms with Crippen molar-refractivity contribution in [3.63, 3.8) is 0 Å². The molecule has 2 aromatic carbocycles. The predicted molar refractivity (Wildman–Crippen MR) is 80.1 cm³/mol. The second-order valence-corrected chi connectivity index (χ2v) is 5.56. The van der Waals surface area contributed by atoms with Gasteiger partial charge >= 0.3 is 18.5 Å². The Kier molecular flexibility index (Phi) is 5.52. The highest BCUT2D eigenvalue weighted by molar-refractivity contribution is 5.48. The van der Waals surface area contributed by atoms with Crippen LogP contribution in [0.15, 0.2) is 48.5 Å². The molecule has 1 atom stereocenters. The van der Waals surface area contributed by atoms with Crippen LogP contribution in [0.4, 0.5) is 35.1 Å². The summed E-state index contributed by atoms with van der Waals surface area (Å²) in [6, 6.07) is 6.18. The molecule has 0 radical (unpaired) electrons. The van der Waals surface area contributed by atoms with Crippen LogP contribution in [0.25, 0.3) is 0 Å². The molecule has 1 N–H and O–H groups in total. The summed E-state index contributed by atoms with van der Waals surface area (Å²) in [6.45, 7) is 0. The van der Waals surface area contributed by atoms with Gasteiger partial charge in [-0.25, -0.2) is 0 Å². The predicted octanol–water partition coefficient (Wildman–Crippen LogP) is 5.03. The lowest BCUT2D eigenvalue weighted by Crippen LogP contribution is -2.55. The Morgan fingerprint density at radius 3 is 1.79 bits per heavy atom. The molecule has 0 aliphatic carbocycles. The van der Waals surface area contributed by atoms with Gasteiger partial charge in [-0.05, 0) is 23.8 Å². The molecular weight excluding hydrogens is 404 g/mol. The minimum Gasteiger partial charge on any atom is -0.496 e. The van der Waals surface area contributed by atoms with Gasteiger partial charge < -0.3 is 14.6 Å². The number of aliphatic hydroxyl groups is 1. The van der Waals surface area contributed by atoms with Gasteiger partial charge in [0.2, 0.25) is 0 Å². The fourth-order valence-electron chi connectivity index (χ4n) is 2.55. The zero-order valence-corrected chi connectivity index (χ0v) is 13.9. The van der Waals surface area contributed by atoms with E-state index >= 15 is 0 Å². The van der Waals surface area contributed by atoms with E-state index in [9.17, 15) is 40.2 Å². The Balaban J connectivity index is 2.70. The summed E-state index contributed by atoms with van der Waals surface area (Å²) in [5.41, 5.74) is -5.94. The highest BCUT2D eigenvalue weighted by Crippen LogP contribution is 2.53. The molecule has 2 aromatic rings. The zero-order valence-electron chi connectivity index (χ0n) is 13.9. The SMILES string of the molecule is COc1ccccc1C(O)(c1ccc(OC(F)(F)F)cc1)C(F)(F)C(F)(F)F. The van der Waals surface area contributed by atoms with Gasteiger partial charge in [0, 0.05) is 5.56 Å². The number of ether oxygens (including phenoxy) is 2. The van der Waals surface area contributed by atoms with E-state index in [1.807, 2.05) is 0 Å². The van der Waals surface area contributed by atoms with Gasteiger partial charge in [-0.15, -0.1) is 13.2 Å². The van der Waals surface area contributed by atoms with Gasteiger partial charge in [-0.3, -0.25) is 0 Å². The third kappa shape index (κ3) is 3.84. The molecule has 0 saturated heterocycles. The van der Waals surface area contributed by atoms with E-state index in [2.05, 4.69) is 4.74 Å². The summed E-state index contributed by atoms with van der Waals surface area (Å²) in [5.74, 6) is -7.07. The minimum atomic E-state index is -6.19. The first-order valence-electron chi connectivity index (χ1n) is 7.40. The molecule has 0 bridgehead atoms. The van der Waals surface area contributed by atoms with Crippen molar-refractivity contribution in [1.82, 2.24) is 0 Å². The molecule has 11 heteroatoms. The molecule has 0 fully saturated rings. The van der Waals surface area contributed by atoms with E-state index in [1.54, 1.807) is 0 Å². The van der Waals surface area contributed by atoms with Crippen LogP contribution in [0.1, 0.15) is 11.1 Å². The molecule has 0 spiro atoms. The number of methoxy groups -OCH3 is 1. The quantitative estimate of drug-likeness (QED) is 0.696. The largest absolute Gasteiger partial charge is 0.573 e. The number of halogens is 8. The van der Waals surface area contributed by atoms with E-state index in [1.165, 1.54) is 6.07 Å². The van der Waals surface area contributed by atoms with Crippen molar-refractivity contribution in [3.05, 3.63) is 59.7 Å². The van der Waals surface area contributed by atoms with E-state index in [4.69, 9.17) is 4.74 Å². The van der Waals surface area contributed by atoms with Crippen molar-refractivity contribution in [2.75, 3.05) is 7.11 Å². The van der Waals surface area contributed by atoms with Crippen molar-refractivity contribution in [3.8, 4) is 11.5 Å². The van der Waals surface area contributed by atoms with Crippen LogP contribution in [-0.2, 0) is 5.60 Å². The van der Waals surface area contributed by atoms with E-state index < -0.39 is 46.7 Å². The summed E-state index contributed by atoms with van der Waals surface area (Å²) in [5, 5.41) is 10.6. The van der Waals surface area contributed by atoms with Crippen LogP contribution in [0.5, 0.6) is 11.5 Å². The molecule has 0 aliphatic heterocycles. The van der Waals surface area contributed by atoms with Crippen molar-refractivity contribution in [2.45, 2.75) is 24.1 Å². The van der Waals surface area contributed by atoms with Gasteiger partial charge in [-0.2, -0.15) is 22.0 Å². The maximum absolute atomic E-state index is 14.4. The number of para-hydroxylation sites is 1. The molecule has 1 unspecified atom stereocenters. The van der Waals surface area contributed by atoms with Crippen LogP contribution in [0.2, 0.25) is 0 Å². The number of hydrogen-bond donors (Lipinski definition) is 1. The molecule has 28 heavy (non-hydrogen) atoms. The van der Waals surface area contributed by atoms with Crippen LogP contribution in [-0.4, -0.2) is 30.7 Å². The Hall–Kier alpha value is -2.56. The van der Waals surface area contributed by atoms with E-state index in [-0.39, 0.29) is 0 Å². The number of benzene rings is 2. The summed E-state index contributed by atoms with van der Waals surface area (Å²) in [7, 11) is 0.991. The van der Waals surface area contributed by atoms with Gasteiger partial charge in [0.1, 0.15) is 11.5 Å². The fraction of sp³-hybridized carbons (Fsp3) is 0.294.